The molecule has 1 heterocycles. The Bertz CT molecular complexity index is 1080. The highest BCUT2D eigenvalue weighted by Gasteiger charge is 2.22. The largest absolute Gasteiger partial charge is 0.280 e. The van der Waals surface area contributed by atoms with Crippen LogP contribution >= 0.6 is 11.6 Å². The maximum atomic E-state index is 13.1. The normalized spacial score (nSPS) is 11.6. The van der Waals surface area contributed by atoms with Gasteiger partial charge in [0.25, 0.3) is 10.0 Å². The van der Waals surface area contributed by atoms with Crippen LogP contribution in [0.3, 0.4) is 0 Å². The van der Waals surface area contributed by atoms with E-state index in [1.807, 2.05) is 45.9 Å². The Balaban J connectivity index is 1.92. The van der Waals surface area contributed by atoms with Crippen molar-refractivity contribution in [2.24, 2.45) is 0 Å². The number of nitrogens with zero attached hydrogens (tertiary/aromatic N) is 2. The fraction of sp³-hybridized carbons (Fsp3) is 0.250. The molecule has 0 unspecified atom stereocenters. The number of nitrogens with one attached hydrogen (secondary N) is 1. The number of aryl methyl sites for hydroxylation is 2. The molecule has 0 atom stereocenters. The van der Waals surface area contributed by atoms with E-state index in [2.05, 4.69) is 9.82 Å². The van der Waals surface area contributed by atoms with Crippen LogP contribution in [-0.4, -0.2) is 18.2 Å². The van der Waals surface area contributed by atoms with Crippen molar-refractivity contribution in [3.63, 3.8) is 0 Å². The average molecular weight is 404 g/mol. The van der Waals surface area contributed by atoms with Gasteiger partial charge in [-0.15, -0.1) is 0 Å². The standard InChI is InChI=1S/C20H22ClN3O2S/c1-13-8-14(2)16(4)20(15(13)3)27(25,26)23-19-7-5-6-17(9-19)11-24-12-18(21)10-22-24/h5-10,12,23H,11H2,1-4H3. The summed E-state index contributed by atoms with van der Waals surface area (Å²) in [5.74, 6) is 0. The van der Waals surface area contributed by atoms with E-state index in [0.29, 0.717) is 22.2 Å². The summed E-state index contributed by atoms with van der Waals surface area (Å²) in [5, 5.41) is 4.71. The smallest absolute Gasteiger partial charge is 0.262 e. The first kappa shape index (κ1) is 19.5. The highest BCUT2D eigenvalue weighted by molar-refractivity contribution is 7.92. The van der Waals surface area contributed by atoms with Gasteiger partial charge in [0.2, 0.25) is 0 Å². The van der Waals surface area contributed by atoms with Crippen molar-refractivity contribution in [1.82, 2.24) is 9.78 Å². The molecule has 0 radical (unpaired) electrons. The van der Waals surface area contributed by atoms with Crippen molar-refractivity contribution in [3.8, 4) is 0 Å². The van der Waals surface area contributed by atoms with Gasteiger partial charge in [0, 0.05) is 11.9 Å². The van der Waals surface area contributed by atoms with E-state index in [0.717, 1.165) is 27.8 Å². The second-order valence-corrected chi connectivity index (χ2v) is 8.81. The monoisotopic (exact) mass is 403 g/mol. The molecule has 0 aliphatic rings. The molecule has 1 aromatic heterocycles. The SMILES string of the molecule is Cc1cc(C)c(C)c(S(=O)(=O)Nc2cccc(Cn3cc(Cl)cn3)c2)c1C. The summed E-state index contributed by atoms with van der Waals surface area (Å²) in [7, 11) is -3.70. The van der Waals surface area contributed by atoms with E-state index in [9.17, 15) is 8.42 Å². The minimum Gasteiger partial charge on any atom is -0.280 e. The van der Waals surface area contributed by atoms with Gasteiger partial charge >= 0.3 is 0 Å². The summed E-state index contributed by atoms with van der Waals surface area (Å²) in [6.45, 7) is 8.04. The van der Waals surface area contributed by atoms with E-state index < -0.39 is 10.0 Å². The molecule has 0 fully saturated rings. The van der Waals surface area contributed by atoms with Gasteiger partial charge in [0.15, 0.2) is 0 Å². The number of aromatic nitrogens is 2. The molecule has 1 N–H and O–H groups in total. The number of benzene rings is 2. The molecule has 5 nitrogen and oxygen atoms in total. The first-order chi connectivity index (χ1) is 12.7. The van der Waals surface area contributed by atoms with Gasteiger partial charge in [0.05, 0.1) is 22.7 Å². The molecule has 7 heteroatoms. The molecule has 3 aromatic rings. The lowest BCUT2D eigenvalue weighted by Crippen LogP contribution is -2.17. The molecule has 0 saturated carbocycles. The topological polar surface area (TPSA) is 64.0 Å². The van der Waals surface area contributed by atoms with Crippen molar-refractivity contribution >= 4 is 27.3 Å². The Morgan fingerprint density at radius 2 is 1.74 bits per heavy atom. The van der Waals surface area contributed by atoms with Crippen molar-refractivity contribution in [2.75, 3.05) is 4.72 Å². The second kappa shape index (κ2) is 7.37. The maximum absolute atomic E-state index is 13.1. The first-order valence-electron chi connectivity index (χ1n) is 8.54. The van der Waals surface area contributed by atoms with E-state index >= 15 is 0 Å². The zero-order valence-electron chi connectivity index (χ0n) is 15.7. The minimum atomic E-state index is -3.70. The van der Waals surface area contributed by atoms with Crippen LogP contribution in [0.2, 0.25) is 5.02 Å². The Labute approximate surface area is 165 Å². The van der Waals surface area contributed by atoms with Crippen LogP contribution in [0.25, 0.3) is 0 Å². The highest BCUT2D eigenvalue weighted by Crippen LogP contribution is 2.28. The molecule has 0 bridgehead atoms. The number of hydrogen-bond donors (Lipinski definition) is 1. The summed E-state index contributed by atoms with van der Waals surface area (Å²) < 4.78 is 30.6. The molecule has 3 rings (SSSR count). The van der Waals surface area contributed by atoms with Gasteiger partial charge in [-0.1, -0.05) is 29.8 Å². The van der Waals surface area contributed by atoms with Gasteiger partial charge in [-0.05, 0) is 67.6 Å². The highest BCUT2D eigenvalue weighted by atomic mass is 35.5. The maximum Gasteiger partial charge on any atom is 0.262 e. The predicted octanol–water partition coefficient (Wildman–Crippen LogP) is 4.62. The van der Waals surface area contributed by atoms with Crippen LogP contribution in [0, 0.1) is 27.7 Å². The Hall–Kier alpha value is -2.31. The van der Waals surface area contributed by atoms with Crippen molar-refractivity contribution in [3.05, 3.63) is 75.6 Å². The van der Waals surface area contributed by atoms with E-state index in [1.165, 1.54) is 0 Å². The predicted molar refractivity (Wildman–Crippen MR) is 109 cm³/mol. The fourth-order valence-electron chi connectivity index (χ4n) is 3.13. The van der Waals surface area contributed by atoms with Crippen molar-refractivity contribution in [2.45, 2.75) is 39.1 Å². The number of anilines is 1. The van der Waals surface area contributed by atoms with E-state index in [1.54, 1.807) is 29.2 Å². The zero-order valence-corrected chi connectivity index (χ0v) is 17.3. The van der Waals surface area contributed by atoms with Crippen LogP contribution in [0.4, 0.5) is 5.69 Å². The summed E-state index contributed by atoms with van der Waals surface area (Å²) >= 11 is 5.89. The minimum absolute atomic E-state index is 0.351. The van der Waals surface area contributed by atoms with Gasteiger partial charge in [0.1, 0.15) is 0 Å². The van der Waals surface area contributed by atoms with Gasteiger partial charge in [-0.3, -0.25) is 9.40 Å². The van der Waals surface area contributed by atoms with Gasteiger partial charge in [-0.25, -0.2) is 8.42 Å². The van der Waals surface area contributed by atoms with Crippen molar-refractivity contribution in [1.29, 1.82) is 0 Å². The van der Waals surface area contributed by atoms with Crippen LogP contribution in [0.1, 0.15) is 27.8 Å². The second-order valence-electron chi connectivity index (χ2n) is 6.75. The molecule has 142 valence electrons. The third-order valence-electron chi connectivity index (χ3n) is 4.69. The number of sulfonamides is 1. The van der Waals surface area contributed by atoms with Crippen molar-refractivity contribution < 1.29 is 8.42 Å². The van der Waals surface area contributed by atoms with E-state index in [-0.39, 0.29) is 0 Å². The van der Waals surface area contributed by atoms with Crippen LogP contribution in [0.15, 0.2) is 47.6 Å². The first-order valence-corrected chi connectivity index (χ1v) is 10.4. The molecule has 0 aliphatic heterocycles. The average Bonchev–Trinajstić information content (AvgIpc) is 2.98. The number of halogens is 1. The molecule has 0 amide bonds. The Kier molecular flexibility index (Phi) is 5.31. The van der Waals surface area contributed by atoms with Gasteiger partial charge in [-0.2, -0.15) is 5.10 Å². The zero-order chi connectivity index (χ0) is 19.8. The lowest BCUT2D eigenvalue weighted by atomic mass is 10.0. The molecule has 27 heavy (non-hydrogen) atoms. The fourth-order valence-corrected chi connectivity index (χ4v) is 4.96. The molecule has 0 spiro atoms. The quantitative estimate of drug-likeness (QED) is 0.676. The van der Waals surface area contributed by atoms with Crippen LogP contribution in [0.5, 0.6) is 0 Å². The molecule has 0 saturated heterocycles. The van der Waals surface area contributed by atoms with E-state index in [4.69, 9.17) is 11.6 Å². The number of rotatable bonds is 5. The number of hydrogen-bond acceptors (Lipinski definition) is 3. The molecular formula is C20H22ClN3O2S. The molecule has 2 aromatic carbocycles. The lowest BCUT2D eigenvalue weighted by molar-refractivity contribution is 0.599. The van der Waals surface area contributed by atoms with Crippen LogP contribution in [-0.2, 0) is 16.6 Å². The summed E-state index contributed by atoms with van der Waals surface area (Å²) in [5.41, 5.74) is 4.90. The molecule has 0 aliphatic carbocycles. The summed E-state index contributed by atoms with van der Waals surface area (Å²) in [6.07, 6.45) is 3.29. The lowest BCUT2D eigenvalue weighted by Gasteiger charge is -2.17. The van der Waals surface area contributed by atoms with Crippen LogP contribution < -0.4 is 4.72 Å². The Morgan fingerprint density at radius 3 is 2.33 bits per heavy atom. The summed E-state index contributed by atoms with van der Waals surface area (Å²) in [6, 6.07) is 9.30. The van der Waals surface area contributed by atoms with Gasteiger partial charge < -0.3 is 0 Å². The Morgan fingerprint density at radius 1 is 1.07 bits per heavy atom. The third kappa shape index (κ3) is 4.17. The molecular weight excluding hydrogens is 382 g/mol. The third-order valence-corrected chi connectivity index (χ3v) is 6.54. The summed E-state index contributed by atoms with van der Waals surface area (Å²) in [4.78, 5) is 0.351.